The monoisotopic (exact) mass is 344 g/mol. The van der Waals surface area contributed by atoms with Crippen LogP contribution in [-0.4, -0.2) is 10.8 Å². The molecule has 0 aliphatic rings. The van der Waals surface area contributed by atoms with Crippen molar-refractivity contribution >= 4 is 23.2 Å². The van der Waals surface area contributed by atoms with Gasteiger partial charge in [0.05, 0.1) is 0 Å². The van der Waals surface area contributed by atoms with Gasteiger partial charge in [0.15, 0.2) is 0 Å². The van der Waals surface area contributed by atoms with Crippen molar-refractivity contribution in [3.63, 3.8) is 0 Å². The normalized spacial score (nSPS) is 14.6. The number of hydrogen-bond acceptors (Lipinski definition) is 0. The third-order valence-electron chi connectivity index (χ3n) is 3.83. The molecular formula is C20H34Cl2. The van der Waals surface area contributed by atoms with E-state index in [1.165, 1.54) is 29.6 Å². The topological polar surface area (TPSA) is 0 Å². The molecule has 0 saturated heterocycles. The molecule has 0 heterocycles. The Hall–Kier alpha value is -0.200. The Morgan fingerprint density at radius 1 is 0.818 bits per heavy atom. The number of hydrogen-bond donors (Lipinski definition) is 0. The first-order valence-electron chi connectivity index (χ1n) is 8.46. The highest BCUT2D eigenvalue weighted by molar-refractivity contribution is 6.23. The molecule has 0 nitrogen and oxygen atoms in total. The van der Waals surface area contributed by atoms with Crippen LogP contribution in [-0.2, 0) is 0 Å². The minimum absolute atomic E-state index is 0.0599. The quantitative estimate of drug-likeness (QED) is 0.264. The van der Waals surface area contributed by atoms with Gasteiger partial charge in [-0.05, 0) is 79.6 Å². The van der Waals surface area contributed by atoms with E-state index in [1.807, 2.05) is 0 Å². The number of halogens is 2. The predicted molar refractivity (Wildman–Crippen MR) is 104 cm³/mol. The van der Waals surface area contributed by atoms with Crippen LogP contribution in [0.15, 0.2) is 34.9 Å². The number of allylic oxidation sites excluding steroid dienone is 6. The van der Waals surface area contributed by atoms with Crippen LogP contribution >= 0.6 is 23.2 Å². The summed E-state index contributed by atoms with van der Waals surface area (Å²) in [5.41, 5.74) is 4.37. The van der Waals surface area contributed by atoms with Crippen LogP contribution in [0.25, 0.3) is 0 Å². The van der Waals surface area contributed by atoms with E-state index in [0.717, 1.165) is 32.1 Å². The Labute approximate surface area is 148 Å². The van der Waals surface area contributed by atoms with E-state index in [9.17, 15) is 0 Å². The van der Waals surface area contributed by atoms with Crippen LogP contribution < -0.4 is 0 Å². The molecule has 0 N–H and O–H groups in total. The standard InChI is InChI=1S/C20H34Cl2/c1-17(10-7-12-19(3)14-16-21)9-6-11-18(2)13-8-15-20(4,5)22/h10-11,14H,6-9,12-13,15-16H2,1-5H3/b17-10+,18-11+,19-14+. The fourth-order valence-corrected chi connectivity index (χ4v) is 2.72. The van der Waals surface area contributed by atoms with Crippen molar-refractivity contribution in [1.82, 2.24) is 0 Å². The summed E-state index contributed by atoms with van der Waals surface area (Å²) in [7, 11) is 0. The fourth-order valence-electron chi connectivity index (χ4n) is 2.32. The van der Waals surface area contributed by atoms with Gasteiger partial charge in [0.2, 0.25) is 0 Å². The maximum Gasteiger partial charge on any atom is 0.0406 e. The van der Waals surface area contributed by atoms with Gasteiger partial charge in [-0.1, -0.05) is 34.9 Å². The zero-order valence-corrected chi connectivity index (χ0v) is 16.7. The SMILES string of the molecule is C/C(=C\CCl)CC/C=C(\C)CC/C=C(\C)CCCC(C)(C)Cl. The number of rotatable bonds is 11. The molecule has 22 heavy (non-hydrogen) atoms. The van der Waals surface area contributed by atoms with E-state index in [4.69, 9.17) is 23.2 Å². The summed E-state index contributed by atoms with van der Waals surface area (Å²) >= 11 is 11.9. The van der Waals surface area contributed by atoms with Crippen LogP contribution in [0.5, 0.6) is 0 Å². The van der Waals surface area contributed by atoms with E-state index < -0.39 is 0 Å². The number of alkyl halides is 2. The van der Waals surface area contributed by atoms with Crippen molar-refractivity contribution in [2.75, 3.05) is 5.88 Å². The van der Waals surface area contributed by atoms with Gasteiger partial charge in [0.1, 0.15) is 0 Å². The smallest absolute Gasteiger partial charge is 0.0406 e. The zero-order valence-electron chi connectivity index (χ0n) is 15.1. The average molecular weight is 345 g/mol. The molecule has 0 aromatic heterocycles. The second-order valence-corrected chi connectivity index (χ2v) is 8.29. The lowest BCUT2D eigenvalue weighted by atomic mass is 10.0. The average Bonchev–Trinajstić information content (AvgIpc) is 2.37. The summed E-state index contributed by atoms with van der Waals surface area (Å²) in [6.45, 7) is 10.8. The van der Waals surface area contributed by atoms with Gasteiger partial charge in [0, 0.05) is 10.8 Å². The molecule has 0 aliphatic carbocycles. The van der Waals surface area contributed by atoms with Gasteiger partial charge in [-0.15, -0.1) is 23.2 Å². The Balaban J connectivity index is 3.91. The third kappa shape index (κ3) is 14.7. The molecular weight excluding hydrogens is 311 g/mol. The van der Waals surface area contributed by atoms with Crippen LogP contribution in [0.3, 0.4) is 0 Å². The second-order valence-electron chi connectivity index (χ2n) is 6.96. The molecule has 0 aromatic carbocycles. The maximum atomic E-state index is 6.21. The van der Waals surface area contributed by atoms with Gasteiger partial charge in [-0.2, -0.15) is 0 Å². The molecule has 0 aromatic rings. The zero-order chi connectivity index (χ0) is 17.0. The molecule has 0 saturated carbocycles. The Kier molecular flexibility index (Phi) is 12.1. The summed E-state index contributed by atoms with van der Waals surface area (Å²) in [5.74, 6) is 0.625. The predicted octanol–water partition coefficient (Wildman–Crippen LogP) is 7.81. The van der Waals surface area contributed by atoms with Gasteiger partial charge in [-0.3, -0.25) is 0 Å². The van der Waals surface area contributed by atoms with Crippen molar-refractivity contribution in [3.05, 3.63) is 34.9 Å². The minimum Gasteiger partial charge on any atom is -0.122 e. The van der Waals surface area contributed by atoms with Gasteiger partial charge >= 0.3 is 0 Å². The molecule has 0 atom stereocenters. The van der Waals surface area contributed by atoms with E-state index in [1.54, 1.807) is 0 Å². The molecule has 0 bridgehead atoms. The lowest BCUT2D eigenvalue weighted by Gasteiger charge is -2.14. The van der Waals surface area contributed by atoms with Gasteiger partial charge < -0.3 is 0 Å². The summed E-state index contributed by atoms with van der Waals surface area (Å²) in [5, 5.41) is 0. The van der Waals surface area contributed by atoms with Crippen molar-refractivity contribution < 1.29 is 0 Å². The highest BCUT2D eigenvalue weighted by atomic mass is 35.5. The molecule has 0 aliphatic heterocycles. The lowest BCUT2D eigenvalue weighted by molar-refractivity contribution is 0.589. The summed E-state index contributed by atoms with van der Waals surface area (Å²) < 4.78 is 0. The van der Waals surface area contributed by atoms with E-state index in [2.05, 4.69) is 52.8 Å². The van der Waals surface area contributed by atoms with Crippen LogP contribution in [0.2, 0.25) is 0 Å². The molecule has 128 valence electrons. The van der Waals surface area contributed by atoms with Crippen LogP contribution in [0, 0.1) is 0 Å². The van der Waals surface area contributed by atoms with Crippen LogP contribution in [0.1, 0.15) is 79.6 Å². The molecule has 0 amide bonds. The van der Waals surface area contributed by atoms with Gasteiger partial charge in [0.25, 0.3) is 0 Å². The van der Waals surface area contributed by atoms with Crippen LogP contribution in [0.4, 0.5) is 0 Å². The highest BCUT2D eigenvalue weighted by Crippen LogP contribution is 2.22. The Morgan fingerprint density at radius 3 is 1.73 bits per heavy atom. The van der Waals surface area contributed by atoms with E-state index >= 15 is 0 Å². The summed E-state index contributed by atoms with van der Waals surface area (Å²) in [6.07, 6.45) is 14.8. The van der Waals surface area contributed by atoms with E-state index in [-0.39, 0.29) is 4.87 Å². The first kappa shape index (κ1) is 21.8. The third-order valence-corrected chi connectivity index (χ3v) is 4.17. The summed E-state index contributed by atoms with van der Waals surface area (Å²) in [6, 6.07) is 0. The maximum absolute atomic E-state index is 6.21. The Morgan fingerprint density at radius 2 is 1.27 bits per heavy atom. The molecule has 0 fully saturated rings. The van der Waals surface area contributed by atoms with Crippen molar-refractivity contribution in [1.29, 1.82) is 0 Å². The first-order chi connectivity index (χ1) is 10.2. The molecule has 0 spiro atoms. The van der Waals surface area contributed by atoms with Crippen molar-refractivity contribution in [2.24, 2.45) is 0 Å². The van der Waals surface area contributed by atoms with Crippen molar-refractivity contribution in [2.45, 2.75) is 84.4 Å². The van der Waals surface area contributed by atoms with E-state index in [0.29, 0.717) is 5.88 Å². The fraction of sp³-hybridized carbons (Fsp3) is 0.700. The molecule has 0 unspecified atom stereocenters. The summed E-state index contributed by atoms with van der Waals surface area (Å²) in [4.78, 5) is -0.0599. The molecule has 2 heteroatoms. The highest BCUT2D eigenvalue weighted by Gasteiger charge is 2.11. The largest absolute Gasteiger partial charge is 0.122 e. The lowest BCUT2D eigenvalue weighted by Crippen LogP contribution is -2.09. The Bertz CT molecular complexity index is 381. The first-order valence-corrected chi connectivity index (χ1v) is 9.37. The molecule has 0 rings (SSSR count). The minimum atomic E-state index is -0.0599. The second kappa shape index (κ2) is 12.3. The molecule has 0 radical (unpaired) electrons. The van der Waals surface area contributed by atoms with Crippen molar-refractivity contribution in [3.8, 4) is 0 Å². The van der Waals surface area contributed by atoms with Gasteiger partial charge in [-0.25, -0.2) is 0 Å².